The van der Waals surface area contributed by atoms with Crippen molar-refractivity contribution in [3.8, 4) is 0 Å². The van der Waals surface area contributed by atoms with Gasteiger partial charge in [0.25, 0.3) is 0 Å². The molecule has 1 unspecified atom stereocenters. The summed E-state index contributed by atoms with van der Waals surface area (Å²) in [5.41, 5.74) is 2.67. The molecule has 2 saturated carbocycles. The molecule has 4 rings (SSSR count). The fraction of sp³-hybridized carbons (Fsp3) is 0.692. The van der Waals surface area contributed by atoms with Crippen LogP contribution in [0, 0.1) is 22.7 Å². The number of Topliss-reactive ketones (excluding diaryl/α,β-unsaturated/α-hetero) is 1. The fourth-order valence-electron chi connectivity index (χ4n) is 5.85. The zero-order valence-electron chi connectivity index (χ0n) is 19.8. The maximum atomic E-state index is 12.4. The average Bonchev–Trinajstić information content (AvgIpc) is 3.09. The molecule has 1 heterocycles. The van der Waals surface area contributed by atoms with Gasteiger partial charge in [0.2, 0.25) is 0 Å². The Morgan fingerprint density at radius 1 is 1.13 bits per heavy atom. The van der Waals surface area contributed by atoms with Crippen LogP contribution in [-0.4, -0.2) is 67.2 Å². The lowest BCUT2D eigenvalue weighted by Gasteiger charge is -2.35. The fourth-order valence-corrected chi connectivity index (χ4v) is 5.85. The molecule has 2 aliphatic carbocycles. The van der Waals surface area contributed by atoms with Gasteiger partial charge in [-0.1, -0.05) is 63.2 Å². The number of nitrogens with zero attached hydrogens (tertiary/aromatic N) is 3. The summed E-state index contributed by atoms with van der Waals surface area (Å²) in [5, 5.41) is 4.63. The molecule has 0 aromatic heterocycles. The molecule has 1 aromatic carbocycles. The van der Waals surface area contributed by atoms with Gasteiger partial charge in [0.1, 0.15) is 6.61 Å². The summed E-state index contributed by atoms with van der Waals surface area (Å²) in [6.45, 7) is 15.6. The normalized spacial score (nSPS) is 30.6. The van der Waals surface area contributed by atoms with Crippen LogP contribution in [-0.2, 0) is 4.84 Å². The van der Waals surface area contributed by atoms with Crippen LogP contribution < -0.4 is 0 Å². The number of carbonyl (C=O) groups excluding carboxylic acids is 1. The SMILES string of the molecule is CC(CO/N=C1\C[C@@H]2CC[C@]1(C)C2(C)C)CN1CCN(CC(=O)c2ccccc2)CC1. The molecule has 3 fully saturated rings. The predicted molar refractivity (Wildman–Crippen MR) is 125 cm³/mol. The lowest BCUT2D eigenvalue weighted by atomic mass is 9.70. The molecule has 1 aromatic rings. The maximum absolute atomic E-state index is 12.4. The standard InChI is InChI=1S/C26H39N3O2/c1-20(19-31-27-24-16-22-10-11-26(24,4)25(22,2)3)17-28-12-14-29(15-13-28)18-23(30)21-8-6-5-7-9-21/h5-9,20,22H,10-19H2,1-4H3/b27-24+/t20?,22-,26-/m0/s1. The van der Waals surface area contributed by atoms with Crippen molar-refractivity contribution in [2.45, 2.75) is 47.0 Å². The van der Waals surface area contributed by atoms with Crippen LogP contribution in [0.25, 0.3) is 0 Å². The van der Waals surface area contributed by atoms with Crippen LogP contribution in [0.15, 0.2) is 35.5 Å². The Labute approximate surface area is 187 Å². The smallest absolute Gasteiger partial charge is 0.176 e. The summed E-state index contributed by atoms with van der Waals surface area (Å²) in [4.78, 5) is 23.1. The maximum Gasteiger partial charge on any atom is 0.176 e. The Hall–Kier alpha value is -1.72. The Morgan fingerprint density at radius 2 is 1.81 bits per heavy atom. The molecule has 1 aliphatic heterocycles. The monoisotopic (exact) mass is 425 g/mol. The minimum absolute atomic E-state index is 0.215. The summed E-state index contributed by atoms with van der Waals surface area (Å²) >= 11 is 0. The van der Waals surface area contributed by atoms with Crippen molar-refractivity contribution in [1.29, 1.82) is 0 Å². The number of ketones is 1. The van der Waals surface area contributed by atoms with Gasteiger partial charge in [-0.2, -0.15) is 0 Å². The number of oxime groups is 1. The molecule has 170 valence electrons. The van der Waals surface area contributed by atoms with Crippen molar-refractivity contribution in [2.75, 3.05) is 45.9 Å². The molecule has 5 heteroatoms. The Morgan fingerprint density at radius 3 is 2.42 bits per heavy atom. The largest absolute Gasteiger partial charge is 0.396 e. The topological polar surface area (TPSA) is 45.1 Å². The predicted octanol–water partition coefficient (Wildman–Crippen LogP) is 4.34. The highest BCUT2D eigenvalue weighted by Gasteiger charge is 2.60. The van der Waals surface area contributed by atoms with Crippen molar-refractivity contribution in [3.63, 3.8) is 0 Å². The van der Waals surface area contributed by atoms with E-state index >= 15 is 0 Å². The van der Waals surface area contributed by atoms with Gasteiger partial charge in [-0.15, -0.1) is 0 Å². The second-order valence-corrected chi connectivity index (χ2v) is 10.8. The zero-order chi connectivity index (χ0) is 22.1. The molecule has 0 spiro atoms. The molecule has 2 bridgehead atoms. The highest BCUT2D eigenvalue weighted by atomic mass is 16.6. The van der Waals surface area contributed by atoms with Gasteiger partial charge in [0.15, 0.2) is 5.78 Å². The number of hydrogen-bond acceptors (Lipinski definition) is 5. The van der Waals surface area contributed by atoms with E-state index in [4.69, 9.17) is 4.84 Å². The van der Waals surface area contributed by atoms with Gasteiger partial charge in [-0.3, -0.25) is 9.69 Å². The zero-order valence-corrected chi connectivity index (χ0v) is 19.8. The average molecular weight is 426 g/mol. The van der Waals surface area contributed by atoms with Gasteiger partial charge in [0.05, 0.1) is 12.3 Å². The van der Waals surface area contributed by atoms with Crippen molar-refractivity contribution in [3.05, 3.63) is 35.9 Å². The van der Waals surface area contributed by atoms with Crippen molar-refractivity contribution >= 4 is 11.5 Å². The van der Waals surface area contributed by atoms with Crippen LogP contribution in [0.3, 0.4) is 0 Å². The number of rotatable bonds is 8. The van der Waals surface area contributed by atoms with Gasteiger partial charge in [-0.25, -0.2) is 0 Å². The Bertz CT molecular complexity index is 798. The van der Waals surface area contributed by atoms with Gasteiger partial charge in [-0.05, 0) is 30.6 Å². The first kappa shape index (κ1) is 22.5. The number of piperazine rings is 1. The van der Waals surface area contributed by atoms with Crippen molar-refractivity contribution < 1.29 is 9.63 Å². The second kappa shape index (κ2) is 9.03. The van der Waals surface area contributed by atoms with Gasteiger partial charge < -0.3 is 9.74 Å². The van der Waals surface area contributed by atoms with E-state index in [-0.39, 0.29) is 11.2 Å². The van der Waals surface area contributed by atoms with E-state index in [0.717, 1.165) is 50.6 Å². The molecular weight excluding hydrogens is 386 g/mol. The Kier molecular flexibility index (Phi) is 6.55. The quantitative estimate of drug-likeness (QED) is 0.459. The van der Waals surface area contributed by atoms with E-state index in [0.29, 0.717) is 24.5 Å². The molecule has 0 radical (unpaired) electrons. The van der Waals surface area contributed by atoms with E-state index in [9.17, 15) is 4.79 Å². The molecule has 31 heavy (non-hydrogen) atoms. The number of hydrogen-bond donors (Lipinski definition) is 0. The van der Waals surface area contributed by atoms with E-state index < -0.39 is 0 Å². The lowest BCUT2D eigenvalue weighted by Crippen LogP contribution is -2.49. The summed E-state index contributed by atoms with van der Waals surface area (Å²) in [6, 6.07) is 9.62. The van der Waals surface area contributed by atoms with E-state index in [1.54, 1.807) is 0 Å². The van der Waals surface area contributed by atoms with Crippen LogP contribution >= 0.6 is 0 Å². The molecule has 0 N–H and O–H groups in total. The van der Waals surface area contributed by atoms with Crippen LogP contribution in [0.4, 0.5) is 0 Å². The number of carbonyl (C=O) groups is 1. The van der Waals surface area contributed by atoms with Crippen LogP contribution in [0.2, 0.25) is 0 Å². The van der Waals surface area contributed by atoms with Crippen molar-refractivity contribution in [1.82, 2.24) is 9.80 Å². The third kappa shape index (κ3) is 4.58. The minimum atomic E-state index is 0.215. The molecule has 1 saturated heterocycles. The summed E-state index contributed by atoms with van der Waals surface area (Å²) < 4.78 is 0. The molecule has 3 atom stereocenters. The number of fused-ring (bicyclic) bond motifs is 2. The minimum Gasteiger partial charge on any atom is -0.396 e. The van der Waals surface area contributed by atoms with E-state index in [2.05, 4.69) is 42.7 Å². The third-order valence-corrected chi connectivity index (χ3v) is 8.54. The highest BCUT2D eigenvalue weighted by molar-refractivity contribution is 5.97. The number of benzene rings is 1. The second-order valence-electron chi connectivity index (χ2n) is 10.8. The van der Waals surface area contributed by atoms with Crippen LogP contribution in [0.5, 0.6) is 0 Å². The van der Waals surface area contributed by atoms with Gasteiger partial charge in [0, 0.05) is 49.6 Å². The Balaban J connectivity index is 1.17. The van der Waals surface area contributed by atoms with E-state index in [1.807, 2.05) is 30.3 Å². The van der Waals surface area contributed by atoms with Gasteiger partial charge >= 0.3 is 0 Å². The third-order valence-electron chi connectivity index (χ3n) is 8.54. The first-order valence-corrected chi connectivity index (χ1v) is 12.0. The molecule has 5 nitrogen and oxygen atoms in total. The first-order chi connectivity index (χ1) is 14.8. The summed E-state index contributed by atoms with van der Waals surface area (Å²) in [5.74, 6) is 1.43. The first-order valence-electron chi connectivity index (χ1n) is 12.0. The molecular formula is C26H39N3O2. The molecule has 0 amide bonds. The van der Waals surface area contributed by atoms with Crippen LogP contribution in [0.1, 0.15) is 57.3 Å². The lowest BCUT2D eigenvalue weighted by molar-refractivity contribution is 0.0671. The molecule has 3 aliphatic rings. The summed E-state index contributed by atoms with van der Waals surface area (Å²) in [7, 11) is 0. The summed E-state index contributed by atoms with van der Waals surface area (Å²) in [6.07, 6.45) is 3.70. The highest BCUT2D eigenvalue weighted by Crippen LogP contribution is 2.63. The van der Waals surface area contributed by atoms with E-state index in [1.165, 1.54) is 18.6 Å². The van der Waals surface area contributed by atoms with Crippen molar-refractivity contribution in [2.24, 2.45) is 27.8 Å².